The molecule has 0 saturated carbocycles. The standard InChI is InChI=1S/C13H14N2/c1-11-12(6-5-9-14-11)10-15-13-7-3-2-4-8-13/h2-9,15H,10H2,1H3. The second-order valence-corrected chi connectivity index (χ2v) is 3.47. The Morgan fingerprint density at radius 2 is 1.87 bits per heavy atom. The third-order valence-corrected chi connectivity index (χ3v) is 2.37. The SMILES string of the molecule is Cc1ncccc1CNc1ccccc1. The second kappa shape index (κ2) is 4.60. The summed E-state index contributed by atoms with van der Waals surface area (Å²) < 4.78 is 0. The fraction of sp³-hybridized carbons (Fsp3) is 0.154. The molecule has 0 fully saturated rings. The first-order valence-electron chi connectivity index (χ1n) is 5.05. The number of benzene rings is 1. The predicted octanol–water partition coefficient (Wildman–Crippen LogP) is 3.00. The zero-order chi connectivity index (χ0) is 10.5. The fourth-order valence-electron chi connectivity index (χ4n) is 1.46. The first-order valence-corrected chi connectivity index (χ1v) is 5.05. The Kier molecular flexibility index (Phi) is 2.98. The Labute approximate surface area is 90.0 Å². The molecule has 0 radical (unpaired) electrons. The number of aromatic nitrogens is 1. The minimum atomic E-state index is 0.823. The molecule has 0 unspecified atom stereocenters. The molecule has 0 saturated heterocycles. The summed E-state index contributed by atoms with van der Waals surface area (Å²) >= 11 is 0. The van der Waals surface area contributed by atoms with Crippen molar-refractivity contribution in [2.24, 2.45) is 0 Å². The van der Waals surface area contributed by atoms with Gasteiger partial charge >= 0.3 is 0 Å². The Morgan fingerprint density at radius 1 is 1.07 bits per heavy atom. The van der Waals surface area contributed by atoms with Crippen LogP contribution in [0.3, 0.4) is 0 Å². The number of hydrogen-bond donors (Lipinski definition) is 1. The summed E-state index contributed by atoms with van der Waals surface area (Å²) in [6, 6.07) is 14.3. The lowest BCUT2D eigenvalue weighted by molar-refractivity contribution is 1.06. The zero-order valence-electron chi connectivity index (χ0n) is 8.77. The monoisotopic (exact) mass is 198 g/mol. The van der Waals surface area contributed by atoms with Crippen molar-refractivity contribution in [2.75, 3.05) is 5.32 Å². The Bertz CT molecular complexity index is 424. The molecule has 0 amide bonds. The number of hydrogen-bond acceptors (Lipinski definition) is 2. The molecule has 0 aliphatic heterocycles. The molecule has 1 heterocycles. The molecule has 0 spiro atoms. The molecule has 0 bridgehead atoms. The van der Waals surface area contributed by atoms with Gasteiger partial charge in [-0.2, -0.15) is 0 Å². The van der Waals surface area contributed by atoms with Crippen LogP contribution in [-0.2, 0) is 6.54 Å². The van der Waals surface area contributed by atoms with Crippen LogP contribution in [-0.4, -0.2) is 4.98 Å². The van der Waals surface area contributed by atoms with Crippen molar-refractivity contribution in [3.63, 3.8) is 0 Å². The third kappa shape index (κ3) is 2.56. The molecule has 0 aliphatic carbocycles. The maximum absolute atomic E-state index is 4.25. The summed E-state index contributed by atoms with van der Waals surface area (Å²) in [5, 5.41) is 3.36. The molecule has 2 rings (SSSR count). The van der Waals surface area contributed by atoms with Crippen molar-refractivity contribution in [3.8, 4) is 0 Å². The quantitative estimate of drug-likeness (QED) is 0.820. The summed E-state index contributed by atoms with van der Waals surface area (Å²) in [6.07, 6.45) is 1.82. The lowest BCUT2D eigenvalue weighted by atomic mass is 10.2. The number of para-hydroxylation sites is 1. The number of pyridine rings is 1. The lowest BCUT2D eigenvalue weighted by Crippen LogP contribution is -2.01. The number of nitrogens with one attached hydrogen (secondary N) is 1. The van der Waals surface area contributed by atoms with Crippen molar-refractivity contribution in [1.29, 1.82) is 0 Å². The van der Waals surface area contributed by atoms with Crippen LogP contribution in [0, 0.1) is 6.92 Å². The zero-order valence-corrected chi connectivity index (χ0v) is 8.77. The Balaban J connectivity index is 2.03. The van der Waals surface area contributed by atoms with Crippen LogP contribution in [0.15, 0.2) is 48.7 Å². The van der Waals surface area contributed by atoms with Gasteiger partial charge in [0.05, 0.1) is 0 Å². The van der Waals surface area contributed by atoms with E-state index in [1.807, 2.05) is 37.4 Å². The minimum Gasteiger partial charge on any atom is -0.381 e. The molecule has 15 heavy (non-hydrogen) atoms. The van der Waals surface area contributed by atoms with Crippen LogP contribution in [0.5, 0.6) is 0 Å². The highest BCUT2D eigenvalue weighted by Crippen LogP contribution is 2.09. The van der Waals surface area contributed by atoms with E-state index < -0.39 is 0 Å². The Hall–Kier alpha value is -1.83. The van der Waals surface area contributed by atoms with Gasteiger partial charge in [0.15, 0.2) is 0 Å². The molecule has 2 aromatic rings. The van der Waals surface area contributed by atoms with Gasteiger partial charge in [-0.3, -0.25) is 4.98 Å². The minimum absolute atomic E-state index is 0.823. The average molecular weight is 198 g/mol. The van der Waals surface area contributed by atoms with E-state index in [9.17, 15) is 0 Å². The first kappa shape index (κ1) is 9.71. The van der Waals surface area contributed by atoms with E-state index in [-0.39, 0.29) is 0 Å². The van der Waals surface area contributed by atoms with E-state index in [4.69, 9.17) is 0 Å². The number of rotatable bonds is 3. The highest BCUT2D eigenvalue weighted by atomic mass is 14.9. The van der Waals surface area contributed by atoms with Gasteiger partial charge in [0.1, 0.15) is 0 Å². The average Bonchev–Trinajstić information content (AvgIpc) is 2.29. The fourth-order valence-corrected chi connectivity index (χ4v) is 1.46. The van der Waals surface area contributed by atoms with Crippen molar-refractivity contribution in [3.05, 3.63) is 59.9 Å². The molecule has 0 atom stereocenters. The van der Waals surface area contributed by atoms with E-state index in [0.717, 1.165) is 17.9 Å². The highest BCUT2D eigenvalue weighted by molar-refractivity contribution is 5.43. The van der Waals surface area contributed by atoms with Gasteiger partial charge in [0.25, 0.3) is 0 Å². The van der Waals surface area contributed by atoms with Gasteiger partial charge < -0.3 is 5.32 Å². The molecule has 2 heteroatoms. The molecule has 0 aliphatic rings. The maximum Gasteiger partial charge on any atom is 0.0422 e. The van der Waals surface area contributed by atoms with Crippen LogP contribution in [0.2, 0.25) is 0 Å². The first-order chi connectivity index (χ1) is 7.36. The number of nitrogens with zero attached hydrogens (tertiary/aromatic N) is 1. The number of aryl methyl sites for hydroxylation is 1. The lowest BCUT2D eigenvalue weighted by Gasteiger charge is -2.07. The predicted molar refractivity (Wildman–Crippen MR) is 62.7 cm³/mol. The van der Waals surface area contributed by atoms with E-state index >= 15 is 0 Å². The second-order valence-electron chi connectivity index (χ2n) is 3.47. The molecule has 1 N–H and O–H groups in total. The molecule has 76 valence electrons. The molecule has 1 aromatic carbocycles. The van der Waals surface area contributed by atoms with Crippen molar-refractivity contribution in [1.82, 2.24) is 4.98 Å². The van der Waals surface area contributed by atoms with Crippen LogP contribution in [0.1, 0.15) is 11.3 Å². The van der Waals surface area contributed by atoms with Gasteiger partial charge in [-0.1, -0.05) is 24.3 Å². The molecular formula is C13H14N2. The van der Waals surface area contributed by atoms with E-state index in [1.54, 1.807) is 0 Å². The summed E-state index contributed by atoms with van der Waals surface area (Å²) in [5.74, 6) is 0. The summed E-state index contributed by atoms with van der Waals surface area (Å²) in [4.78, 5) is 4.25. The summed E-state index contributed by atoms with van der Waals surface area (Å²) in [5.41, 5.74) is 3.46. The van der Waals surface area contributed by atoms with Gasteiger partial charge in [-0.25, -0.2) is 0 Å². The van der Waals surface area contributed by atoms with Gasteiger partial charge in [0.2, 0.25) is 0 Å². The van der Waals surface area contributed by atoms with Crippen molar-refractivity contribution in [2.45, 2.75) is 13.5 Å². The summed E-state index contributed by atoms with van der Waals surface area (Å²) in [6.45, 7) is 2.85. The van der Waals surface area contributed by atoms with Crippen molar-refractivity contribution >= 4 is 5.69 Å². The maximum atomic E-state index is 4.25. The highest BCUT2D eigenvalue weighted by Gasteiger charge is 1.97. The van der Waals surface area contributed by atoms with Crippen LogP contribution in [0.25, 0.3) is 0 Å². The summed E-state index contributed by atoms with van der Waals surface area (Å²) in [7, 11) is 0. The molecule has 1 aromatic heterocycles. The van der Waals surface area contributed by atoms with Crippen molar-refractivity contribution < 1.29 is 0 Å². The molecule has 2 nitrogen and oxygen atoms in total. The van der Waals surface area contributed by atoms with E-state index in [2.05, 4.69) is 28.5 Å². The smallest absolute Gasteiger partial charge is 0.0422 e. The molecular weight excluding hydrogens is 184 g/mol. The van der Waals surface area contributed by atoms with Gasteiger partial charge in [-0.15, -0.1) is 0 Å². The normalized spacial score (nSPS) is 9.93. The largest absolute Gasteiger partial charge is 0.381 e. The van der Waals surface area contributed by atoms with Gasteiger partial charge in [0, 0.05) is 24.1 Å². The topological polar surface area (TPSA) is 24.9 Å². The van der Waals surface area contributed by atoms with Crippen LogP contribution < -0.4 is 5.32 Å². The van der Waals surface area contributed by atoms with E-state index in [1.165, 1.54) is 5.56 Å². The van der Waals surface area contributed by atoms with Gasteiger partial charge in [-0.05, 0) is 30.7 Å². The van der Waals surface area contributed by atoms with Crippen LogP contribution in [0.4, 0.5) is 5.69 Å². The number of anilines is 1. The Morgan fingerprint density at radius 3 is 2.60 bits per heavy atom. The third-order valence-electron chi connectivity index (χ3n) is 2.37. The van der Waals surface area contributed by atoms with E-state index in [0.29, 0.717) is 0 Å². The van der Waals surface area contributed by atoms with Crippen LogP contribution >= 0.6 is 0 Å².